The van der Waals surface area contributed by atoms with Crippen molar-refractivity contribution in [3.05, 3.63) is 0 Å². The molecule has 1 saturated carbocycles. The highest BCUT2D eigenvalue weighted by atomic mass is 16.2. The van der Waals surface area contributed by atoms with E-state index in [0.29, 0.717) is 18.2 Å². The molecule has 0 aromatic carbocycles. The van der Waals surface area contributed by atoms with E-state index in [1.54, 1.807) is 0 Å². The third kappa shape index (κ3) is 5.08. The second-order valence-electron chi connectivity index (χ2n) is 4.97. The molecule has 1 N–H and O–H groups in total. The molecule has 1 rings (SSSR count). The summed E-state index contributed by atoms with van der Waals surface area (Å²) in [6.07, 6.45) is 7.69. The van der Waals surface area contributed by atoms with E-state index >= 15 is 0 Å². The summed E-state index contributed by atoms with van der Waals surface area (Å²) in [7, 11) is 2.02. The normalized spacial score (nSPS) is 17.2. The number of nitrogens with zero attached hydrogens (tertiary/aromatic N) is 1. The smallest absolute Gasteiger partial charge is 0.149 e. The van der Waals surface area contributed by atoms with E-state index in [-0.39, 0.29) is 6.61 Å². The molecule has 1 fully saturated rings. The minimum Gasteiger partial charge on any atom is -0.396 e. The van der Waals surface area contributed by atoms with Gasteiger partial charge in [0, 0.05) is 12.5 Å². The number of aliphatic hydroxyl groups excluding tert-OH is 1. The number of carbonyl (C=O) groups excluding carboxylic acids is 1. The second-order valence-corrected chi connectivity index (χ2v) is 4.97. The number of rotatable bonds is 8. The van der Waals surface area contributed by atoms with Crippen molar-refractivity contribution < 1.29 is 9.90 Å². The topological polar surface area (TPSA) is 40.5 Å². The Morgan fingerprint density at radius 2 is 1.94 bits per heavy atom. The highest BCUT2D eigenvalue weighted by Crippen LogP contribution is 2.25. The molecule has 0 amide bonds. The Morgan fingerprint density at radius 1 is 1.25 bits per heavy atom. The Balaban J connectivity index is 2.08. The van der Waals surface area contributed by atoms with Crippen molar-refractivity contribution in [3.8, 4) is 0 Å². The van der Waals surface area contributed by atoms with Gasteiger partial charge >= 0.3 is 0 Å². The van der Waals surface area contributed by atoms with E-state index in [2.05, 4.69) is 4.90 Å². The predicted octanol–water partition coefficient (Wildman–Crippen LogP) is 1.84. The van der Waals surface area contributed by atoms with Gasteiger partial charge in [0.15, 0.2) is 0 Å². The molecule has 3 heteroatoms. The van der Waals surface area contributed by atoms with Gasteiger partial charge in [-0.05, 0) is 45.7 Å². The zero-order chi connectivity index (χ0) is 11.8. The maximum atomic E-state index is 11.9. The summed E-state index contributed by atoms with van der Waals surface area (Å²) in [5, 5.41) is 8.65. The number of ketones is 1. The molecule has 0 bridgehead atoms. The van der Waals surface area contributed by atoms with Crippen molar-refractivity contribution in [1.82, 2.24) is 4.90 Å². The SMILES string of the molecule is CN(CCCCCO)CC(=O)C1CCCC1. The minimum absolute atomic E-state index is 0.282. The largest absolute Gasteiger partial charge is 0.396 e. The number of likely N-dealkylation sites (N-methyl/N-ethyl adjacent to an activating group) is 1. The van der Waals surface area contributed by atoms with E-state index in [1.807, 2.05) is 7.05 Å². The molecule has 1 aliphatic rings. The molecular formula is C13H25NO2. The molecule has 3 nitrogen and oxygen atoms in total. The molecule has 0 atom stereocenters. The average Bonchev–Trinajstić information content (AvgIpc) is 2.77. The van der Waals surface area contributed by atoms with Crippen LogP contribution in [-0.2, 0) is 4.79 Å². The molecule has 16 heavy (non-hydrogen) atoms. The van der Waals surface area contributed by atoms with E-state index in [0.717, 1.165) is 38.6 Å². The summed E-state index contributed by atoms with van der Waals surface area (Å²) in [6, 6.07) is 0. The van der Waals surface area contributed by atoms with Gasteiger partial charge in [0.1, 0.15) is 5.78 Å². The van der Waals surface area contributed by atoms with Gasteiger partial charge in [-0.25, -0.2) is 0 Å². The van der Waals surface area contributed by atoms with E-state index in [4.69, 9.17) is 5.11 Å². The van der Waals surface area contributed by atoms with Gasteiger partial charge in [-0.3, -0.25) is 9.69 Å². The third-order valence-electron chi connectivity index (χ3n) is 3.43. The Bertz CT molecular complexity index is 200. The minimum atomic E-state index is 0.282. The maximum Gasteiger partial charge on any atom is 0.149 e. The van der Waals surface area contributed by atoms with Crippen molar-refractivity contribution in [2.24, 2.45) is 5.92 Å². The van der Waals surface area contributed by atoms with Crippen LogP contribution in [0, 0.1) is 5.92 Å². The maximum absolute atomic E-state index is 11.9. The van der Waals surface area contributed by atoms with Gasteiger partial charge in [-0.1, -0.05) is 12.8 Å². The van der Waals surface area contributed by atoms with E-state index in [9.17, 15) is 4.79 Å². The monoisotopic (exact) mass is 227 g/mol. The summed E-state index contributed by atoms with van der Waals surface area (Å²) < 4.78 is 0. The highest BCUT2D eigenvalue weighted by Gasteiger charge is 2.22. The summed E-state index contributed by atoms with van der Waals surface area (Å²) in [6.45, 7) is 1.87. The van der Waals surface area contributed by atoms with Gasteiger partial charge in [0.25, 0.3) is 0 Å². The fraction of sp³-hybridized carbons (Fsp3) is 0.923. The number of aliphatic hydroxyl groups is 1. The molecule has 0 unspecified atom stereocenters. The first-order valence-corrected chi connectivity index (χ1v) is 6.56. The summed E-state index contributed by atoms with van der Waals surface area (Å²) >= 11 is 0. The second kappa shape index (κ2) is 7.80. The van der Waals surface area contributed by atoms with E-state index < -0.39 is 0 Å². The van der Waals surface area contributed by atoms with Crippen LogP contribution in [0.4, 0.5) is 0 Å². The molecule has 0 spiro atoms. The van der Waals surface area contributed by atoms with Crippen molar-refractivity contribution in [3.63, 3.8) is 0 Å². The molecule has 94 valence electrons. The Labute approximate surface area is 98.8 Å². The number of hydrogen-bond acceptors (Lipinski definition) is 3. The quantitative estimate of drug-likeness (QED) is 0.643. The molecule has 0 heterocycles. The fourth-order valence-electron chi connectivity index (χ4n) is 2.39. The zero-order valence-electron chi connectivity index (χ0n) is 10.5. The number of carbonyl (C=O) groups is 1. The average molecular weight is 227 g/mol. The molecule has 1 aliphatic carbocycles. The van der Waals surface area contributed by atoms with Gasteiger partial charge in [0.2, 0.25) is 0 Å². The van der Waals surface area contributed by atoms with Crippen LogP contribution < -0.4 is 0 Å². The zero-order valence-corrected chi connectivity index (χ0v) is 10.5. The van der Waals surface area contributed by atoms with Crippen LogP contribution in [-0.4, -0.2) is 42.5 Å². The van der Waals surface area contributed by atoms with Crippen LogP contribution >= 0.6 is 0 Å². The van der Waals surface area contributed by atoms with Crippen LogP contribution in [0.1, 0.15) is 44.9 Å². The van der Waals surface area contributed by atoms with Crippen molar-refractivity contribution in [2.45, 2.75) is 44.9 Å². The highest BCUT2D eigenvalue weighted by molar-refractivity contribution is 5.83. The van der Waals surface area contributed by atoms with Gasteiger partial charge in [-0.15, -0.1) is 0 Å². The lowest BCUT2D eigenvalue weighted by molar-refractivity contribution is -0.123. The van der Waals surface area contributed by atoms with Crippen molar-refractivity contribution in [2.75, 3.05) is 26.7 Å². The Morgan fingerprint density at radius 3 is 2.56 bits per heavy atom. The molecule has 0 radical (unpaired) electrons. The fourth-order valence-corrected chi connectivity index (χ4v) is 2.39. The lowest BCUT2D eigenvalue weighted by atomic mass is 10.0. The third-order valence-corrected chi connectivity index (χ3v) is 3.43. The first kappa shape index (κ1) is 13.7. The van der Waals surface area contributed by atoms with Crippen LogP contribution in [0.25, 0.3) is 0 Å². The Hall–Kier alpha value is -0.410. The molecular weight excluding hydrogens is 202 g/mol. The van der Waals surface area contributed by atoms with Gasteiger partial charge < -0.3 is 5.11 Å². The lowest BCUT2D eigenvalue weighted by Crippen LogP contribution is -2.30. The lowest BCUT2D eigenvalue weighted by Gasteiger charge is -2.17. The van der Waals surface area contributed by atoms with Gasteiger partial charge in [0.05, 0.1) is 6.54 Å². The first-order valence-electron chi connectivity index (χ1n) is 6.56. The van der Waals surface area contributed by atoms with Crippen LogP contribution in [0.2, 0.25) is 0 Å². The molecule has 0 aromatic heterocycles. The molecule has 0 aromatic rings. The summed E-state index contributed by atoms with van der Waals surface area (Å²) in [5.41, 5.74) is 0. The van der Waals surface area contributed by atoms with Crippen LogP contribution in [0.5, 0.6) is 0 Å². The predicted molar refractivity (Wildman–Crippen MR) is 65.4 cm³/mol. The molecule has 0 saturated heterocycles. The summed E-state index contributed by atoms with van der Waals surface area (Å²) in [5.74, 6) is 0.780. The number of Topliss-reactive ketones (excluding diaryl/α,β-unsaturated/α-hetero) is 1. The first-order chi connectivity index (χ1) is 7.74. The van der Waals surface area contributed by atoms with Crippen LogP contribution in [0.3, 0.4) is 0 Å². The molecule has 0 aliphatic heterocycles. The van der Waals surface area contributed by atoms with Crippen LogP contribution in [0.15, 0.2) is 0 Å². The van der Waals surface area contributed by atoms with Crippen molar-refractivity contribution >= 4 is 5.78 Å². The number of hydrogen-bond donors (Lipinski definition) is 1. The van der Waals surface area contributed by atoms with E-state index in [1.165, 1.54) is 12.8 Å². The Kier molecular flexibility index (Phi) is 6.65. The number of unbranched alkanes of at least 4 members (excludes halogenated alkanes) is 2. The standard InChI is InChI=1S/C13H25NO2/c1-14(9-5-2-6-10-15)11-13(16)12-7-3-4-8-12/h12,15H,2-11H2,1H3. The van der Waals surface area contributed by atoms with Gasteiger partial charge in [-0.2, -0.15) is 0 Å². The summed E-state index contributed by atoms with van der Waals surface area (Å²) in [4.78, 5) is 14.0. The van der Waals surface area contributed by atoms with Crippen molar-refractivity contribution in [1.29, 1.82) is 0 Å².